The molecular weight excluding hydrogens is 301 g/mol. The highest BCUT2D eigenvalue weighted by molar-refractivity contribution is 6.48. The van der Waals surface area contributed by atoms with Crippen LogP contribution in [-0.4, -0.2) is 27.2 Å². The fourth-order valence-corrected chi connectivity index (χ4v) is 3.27. The summed E-state index contributed by atoms with van der Waals surface area (Å²) in [7, 11) is -0.980. The molecule has 0 aromatic heterocycles. The van der Waals surface area contributed by atoms with Gasteiger partial charge in [0.05, 0.1) is 11.8 Å². The molecule has 1 aliphatic rings. The van der Waals surface area contributed by atoms with Gasteiger partial charge in [-0.3, -0.25) is 4.79 Å². The van der Waals surface area contributed by atoms with Gasteiger partial charge in [0.15, 0.2) is 0 Å². The van der Waals surface area contributed by atoms with Crippen molar-refractivity contribution < 1.29 is 18.3 Å². The third-order valence-electron chi connectivity index (χ3n) is 3.25. The lowest BCUT2D eigenvalue weighted by molar-refractivity contribution is -0.128. The third-order valence-corrected chi connectivity index (χ3v) is 4.02. The Bertz CT molecular complexity index is 557. The van der Waals surface area contributed by atoms with E-state index in [1.807, 2.05) is 13.1 Å². The largest absolute Gasteiger partial charge is 0.476 e. The highest BCUT2D eigenvalue weighted by Crippen LogP contribution is 2.34. The third kappa shape index (κ3) is 4.30. The minimum absolute atomic E-state index is 0.00863. The molecule has 1 aromatic rings. The normalized spacial score (nSPS) is 19.4. The number of rotatable bonds is 4. The molecule has 2 rings (SSSR count). The summed E-state index contributed by atoms with van der Waals surface area (Å²) in [4.78, 5) is 12.3. The summed E-state index contributed by atoms with van der Waals surface area (Å²) in [5.74, 6) is -0.207. The molecule has 4 nitrogen and oxygen atoms in total. The van der Waals surface area contributed by atoms with Crippen LogP contribution in [0, 0.1) is 11.2 Å². The number of anilines is 1. The van der Waals surface area contributed by atoms with Gasteiger partial charge in [-0.05, 0) is 37.1 Å². The topological polar surface area (TPSA) is 47.6 Å². The second-order valence-electron chi connectivity index (χ2n) is 7.00. The summed E-state index contributed by atoms with van der Waals surface area (Å²) in [6, 6.07) is 4.12. The molecule has 1 radical (unpaired) electrons. The number of carbonyl (C=O) groups is 1. The number of halogens is 1. The highest BCUT2D eigenvalue weighted by atomic mass is 28.3. The Morgan fingerprint density at radius 1 is 1.41 bits per heavy atom. The molecule has 0 spiro atoms. The standard InChI is InChI=1S/C16H23FNO3Si/c1-16(2,3)9-13(21-22(4)5)14-15(19)18-11-8-10(17)6-7-12(11)20-14/h6-8,13-14H,9H2,1-5H3,(H,18,19). The molecule has 1 aromatic carbocycles. The molecule has 0 saturated carbocycles. The Balaban J connectivity index is 2.24. The van der Waals surface area contributed by atoms with Crippen LogP contribution in [0.4, 0.5) is 10.1 Å². The molecular formula is C16H23FNO3Si. The minimum atomic E-state index is -0.980. The lowest BCUT2D eigenvalue weighted by atomic mass is 9.87. The van der Waals surface area contributed by atoms with Gasteiger partial charge in [0.25, 0.3) is 5.91 Å². The molecule has 2 atom stereocenters. The van der Waals surface area contributed by atoms with Crippen molar-refractivity contribution in [2.24, 2.45) is 5.41 Å². The number of ether oxygens (including phenoxy) is 1. The molecule has 1 aliphatic heterocycles. The van der Waals surface area contributed by atoms with E-state index in [0.717, 1.165) is 0 Å². The van der Waals surface area contributed by atoms with Crippen molar-refractivity contribution in [3.05, 3.63) is 24.0 Å². The Labute approximate surface area is 132 Å². The lowest BCUT2D eigenvalue weighted by Crippen LogP contribution is -2.49. The van der Waals surface area contributed by atoms with E-state index in [-0.39, 0.29) is 17.4 Å². The van der Waals surface area contributed by atoms with E-state index in [4.69, 9.17) is 9.16 Å². The van der Waals surface area contributed by atoms with Crippen molar-refractivity contribution in [3.8, 4) is 5.75 Å². The van der Waals surface area contributed by atoms with Crippen LogP contribution in [0.25, 0.3) is 0 Å². The number of carbonyl (C=O) groups excluding carboxylic acids is 1. The summed E-state index contributed by atoms with van der Waals surface area (Å²) in [5.41, 5.74) is 0.378. The summed E-state index contributed by atoms with van der Waals surface area (Å²) >= 11 is 0. The van der Waals surface area contributed by atoms with Gasteiger partial charge in [-0.25, -0.2) is 4.39 Å². The van der Waals surface area contributed by atoms with E-state index < -0.39 is 21.0 Å². The van der Waals surface area contributed by atoms with Crippen LogP contribution in [0.1, 0.15) is 27.2 Å². The van der Waals surface area contributed by atoms with Crippen molar-refractivity contribution in [1.29, 1.82) is 0 Å². The first-order valence-corrected chi connectivity index (χ1v) is 9.80. The molecule has 2 unspecified atom stereocenters. The lowest BCUT2D eigenvalue weighted by Gasteiger charge is -2.35. The first-order chi connectivity index (χ1) is 10.2. The number of hydrogen-bond acceptors (Lipinski definition) is 3. The summed E-state index contributed by atoms with van der Waals surface area (Å²) in [5, 5.41) is 2.72. The van der Waals surface area contributed by atoms with E-state index in [1.165, 1.54) is 18.2 Å². The molecule has 0 bridgehead atoms. The van der Waals surface area contributed by atoms with Crippen LogP contribution in [0.3, 0.4) is 0 Å². The minimum Gasteiger partial charge on any atom is -0.476 e. The number of hydrogen-bond donors (Lipinski definition) is 1. The molecule has 1 N–H and O–H groups in total. The van der Waals surface area contributed by atoms with Crippen molar-refractivity contribution in [3.63, 3.8) is 0 Å². The van der Waals surface area contributed by atoms with Gasteiger partial charge in [-0.2, -0.15) is 0 Å². The molecule has 0 fully saturated rings. The zero-order chi connectivity index (χ0) is 16.5. The van der Waals surface area contributed by atoms with Crippen molar-refractivity contribution in [1.82, 2.24) is 0 Å². The Kier molecular flexibility index (Phi) is 4.92. The molecule has 6 heteroatoms. The maximum absolute atomic E-state index is 13.2. The van der Waals surface area contributed by atoms with Gasteiger partial charge in [0, 0.05) is 6.07 Å². The van der Waals surface area contributed by atoms with Gasteiger partial charge >= 0.3 is 0 Å². The van der Waals surface area contributed by atoms with Crippen LogP contribution in [0.15, 0.2) is 18.2 Å². The van der Waals surface area contributed by atoms with E-state index in [2.05, 4.69) is 26.1 Å². The molecule has 0 saturated heterocycles. The van der Waals surface area contributed by atoms with Crippen LogP contribution in [0.2, 0.25) is 13.1 Å². The van der Waals surface area contributed by atoms with E-state index in [9.17, 15) is 9.18 Å². The first-order valence-electron chi connectivity index (χ1n) is 7.39. The number of fused-ring (bicyclic) bond motifs is 1. The second kappa shape index (κ2) is 6.38. The van der Waals surface area contributed by atoms with E-state index >= 15 is 0 Å². The maximum Gasteiger partial charge on any atom is 0.268 e. The van der Waals surface area contributed by atoms with Gasteiger partial charge in [-0.1, -0.05) is 20.8 Å². The summed E-state index contributed by atoms with van der Waals surface area (Å²) in [6.07, 6.45) is -0.323. The summed E-state index contributed by atoms with van der Waals surface area (Å²) in [6.45, 7) is 10.4. The Morgan fingerprint density at radius 3 is 2.68 bits per heavy atom. The molecule has 1 heterocycles. The zero-order valence-corrected chi connectivity index (χ0v) is 14.7. The van der Waals surface area contributed by atoms with Gasteiger partial charge in [0.2, 0.25) is 15.1 Å². The fourth-order valence-electron chi connectivity index (χ4n) is 2.46. The molecule has 0 aliphatic carbocycles. The van der Waals surface area contributed by atoms with Gasteiger partial charge in [0.1, 0.15) is 11.6 Å². The quantitative estimate of drug-likeness (QED) is 0.861. The highest BCUT2D eigenvalue weighted by Gasteiger charge is 2.38. The Morgan fingerprint density at radius 2 is 2.09 bits per heavy atom. The van der Waals surface area contributed by atoms with Gasteiger partial charge < -0.3 is 14.5 Å². The number of amides is 1. The molecule has 121 valence electrons. The summed E-state index contributed by atoms with van der Waals surface area (Å²) < 4.78 is 25.1. The zero-order valence-electron chi connectivity index (χ0n) is 13.7. The van der Waals surface area contributed by atoms with Crippen LogP contribution < -0.4 is 10.1 Å². The number of benzene rings is 1. The SMILES string of the molecule is C[Si](C)OC(CC(C)(C)C)C1Oc2ccc(F)cc2NC1=O. The fraction of sp³-hybridized carbons (Fsp3) is 0.562. The molecule has 1 amide bonds. The maximum atomic E-state index is 13.2. The monoisotopic (exact) mass is 324 g/mol. The van der Waals surface area contributed by atoms with E-state index in [1.54, 1.807) is 0 Å². The Hall–Kier alpha value is -1.40. The smallest absolute Gasteiger partial charge is 0.268 e. The van der Waals surface area contributed by atoms with Crippen LogP contribution in [-0.2, 0) is 9.22 Å². The van der Waals surface area contributed by atoms with Crippen molar-refractivity contribution in [2.75, 3.05) is 5.32 Å². The predicted octanol–water partition coefficient (Wildman–Crippen LogP) is 3.60. The second-order valence-corrected chi connectivity index (χ2v) is 9.05. The predicted molar refractivity (Wildman–Crippen MR) is 85.9 cm³/mol. The van der Waals surface area contributed by atoms with E-state index in [0.29, 0.717) is 17.9 Å². The van der Waals surface area contributed by atoms with Crippen LogP contribution in [0.5, 0.6) is 5.75 Å². The van der Waals surface area contributed by atoms with Crippen molar-refractivity contribution in [2.45, 2.75) is 52.5 Å². The van der Waals surface area contributed by atoms with Crippen LogP contribution >= 0.6 is 0 Å². The average Bonchev–Trinajstić information content (AvgIpc) is 2.34. The number of nitrogens with one attached hydrogen (secondary N) is 1. The van der Waals surface area contributed by atoms with Crippen molar-refractivity contribution >= 4 is 20.6 Å². The molecule has 22 heavy (non-hydrogen) atoms. The average molecular weight is 324 g/mol. The first kappa shape index (κ1) is 17.0. The van der Waals surface area contributed by atoms with Gasteiger partial charge in [-0.15, -0.1) is 0 Å².